The van der Waals surface area contributed by atoms with E-state index in [1.165, 1.54) is 0 Å². The Labute approximate surface area is 111 Å². The van der Waals surface area contributed by atoms with Crippen molar-refractivity contribution in [2.75, 3.05) is 24.5 Å². The molecule has 0 aliphatic carbocycles. The molecule has 0 saturated carbocycles. The number of nitrogens with one attached hydrogen (secondary N) is 1. The lowest BCUT2D eigenvalue weighted by molar-refractivity contribution is -0.119. The summed E-state index contributed by atoms with van der Waals surface area (Å²) in [5.74, 6) is 0.519. The van der Waals surface area contributed by atoms with Crippen LogP contribution in [0.3, 0.4) is 0 Å². The first-order valence-corrected chi connectivity index (χ1v) is 6.38. The number of rotatable bonds is 2. The van der Waals surface area contributed by atoms with Crippen LogP contribution in [0.25, 0.3) is 10.8 Å². The number of carbonyl (C=O) groups is 1. The van der Waals surface area contributed by atoms with Gasteiger partial charge in [-0.3, -0.25) is 4.79 Å². The van der Waals surface area contributed by atoms with Crippen LogP contribution >= 0.6 is 0 Å². The lowest BCUT2D eigenvalue weighted by Gasteiger charge is -2.35. The monoisotopic (exact) mass is 256 g/mol. The zero-order valence-corrected chi connectivity index (χ0v) is 10.5. The second kappa shape index (κ2) is 4.85. The van der Waals surface area contributed by atoms with Crippen LogP contribution in [0.2, 0.25) is 0 Å². The average Bonchev–Trinajstić information content (AvgIpc) is 2.46. The summed E-state index contributed by atoms with van der Waals surface area (Å²) >= 11 is 0. The van der Waals surface area contributed by atoms with Crippen molar-refractivity contribution in [2.45, 2.75) is 6.04 Å². The van der Waals surface area contributed by atoms with Crippen LogP contribution in [0.4, 0.5) is 5.82 Å². The second-order valence-corrected chi connectivity index (χ2v) is 4.67. The summed E-state index contributed by atoms with van der Waals surface area (Å²) in [5, 5.41) is 5.37. The zero-order chi connectivity index (χ0) is 13.2. The fourth-order valence-electron chi connectivity index (χ4n) is 2.54. The van der Waals surface area contributed by atoms with E-state index in [2.05, 4.69) is 10.3 Å². The number of piperazine rings is 1. The molecule has 1 amide bonds. The quantitative estimate of drug-likeness (QED) is 0.820. The summed E-state index contributed by atoms with van der Waals surface area (Å²) in [6.07, 6.45) is 1.78. The minimum atomic E-state index is -0.341. The molecule has 2 aromatic rings. The maximum absolute atomic E-state index is 11.6. The van der Waals surface area contributed by atoms with E-state index in [0.717, 1.165) is 29.7 Å². The topological polar surface area (TPSA) is 71.2 Å². The number of pyridine rings is 1. The molecule has 1 aliphatic heterocycles. The predicted octanol–water partition coefficient (Wildman–Crippen LogP) is 0.498. The molecule has 5 heteroatoms. The normalized spacial score (nSPS) is 19.6. The Balaban J connectivity index is 2.09. The third-order valence-corrected chi connectivity index (χ3v) is 3.50. The minimum absolute atomic E-state index is 0.318. The van der Waals surface area contributed by atoms with E-state index in [0.29, 0.717) is 6.54 Å². The fourth-order valence-corrected chi connectivity index (χ4v) is 2.54. The van der Waals surface area contributed by atoms with Crippen molar-refractivity contribution in [1.29, 1.82) is 0 Å². The van der Waals surface area contributed by atoms with E-state index >= 15 is 0 Å². The molecule has 1 aromatic heterocycles. The number of aromatic nitrogens is 1. The Hall–Kier alpha value is -2.14. The maximum atomic E-state index is 11.6. The van der Waals surface area contributed by atoms with Crippen molar-refractivity contribution >= 4 is 22.5 Å². The first-order chi connectivity index (χ1) is 9.27. The van der Waals surface area contributed by atoms with Gasteiger partial charge in [-0.15, -0.1) is 0 Å². The van der Waals surface area contributed by atoms with E-state index in [9.17, 15) is 4.79 Å². The minimum Gasteiger partial charge on any atom is -0.368 e. The van der Waals surface area contributed by atoms with E-state index in [4.69, 9.17) is 5.73 Å². The van der Waals surface area contributed by atoms with Crippen LogP contribution in [-0.4, -0.2) is 36.6 Å². The lowest BCUT2D eigenvalue weighted by Crippen LogP contribution is -2.57. The van der Waals surface area contributed by atoms with Crippen LogP contribution < -0.4 is 16.0 Å². The molecule has 0 spiro atoms. The van der Waals surface area contributed by atoms with Gasteiger partial charge in [0.1, 0.15) is 11.9 Å². The van der Waals surface area contributed by atoms with Crippen LogP contribution in [0.15, 0.2) is 36.5 Å². The number of carbonyl (C=O) groups excluding carboxylic acids is 1. The number of fused-ring (bicyclic) bond motifs is 1. The zero-order valence-electron chi connectivity index (χ0n) is 10.5. The summed E-state index contributed by atoms with van der Waals surface area (Å²) < 4.78 is 0. The molecule has 3 N–H and O–H groups in total. The van der Waals surface area contributed by atoms with Gasteiger partial charge in [-0.1, -0.05) is 24.3 Å². The molecule has 1 atom stereocenters. The molecule has 98 valence electrons. The van der Waals surface area contributed by atoms with Gasteiger partial charge in [0.2, 0.25) is 5.91 Å². The van der Waals surface area contributed by atoms with E-state index in [1.54, 1.807) is 6.20 Å². The Bertz CT molecular complexity index is 608. The number of anilines is 1. The summed E-state index contributed by atoms with van der Waals surface area (Å²) in [6, 6.07) is 9.68. The SMILES string of the molecule is NC(=O)C1CNCCN1c1nccc2ccccc12. The Morgan fingerprint density at radius 1 is 1.37 bits per heavy atom. The van der Waals surface area contributed by atoms with Gasteiger partial charge in [-0.2, -0.15) is 0 Å². The van der Waals surface area contributed by atoms with Gasteiger partial charge in [-0.25, -0.2) is 4.98 Å². The number of hydrogen-bond donors (Lipinski definition) is 2. The Morgan fingerprint density at radius 2 is 2.21 bits per heavy atom. The van der Waals surface area contributed by atoms with Crippen molar-refractivity contribution in [3.63, 3.8) is 0 Å². The van der Waals surface area contributed by atoms with Gasteiger partial charge < -0.3 is 16.0 Å². The molecule has 5 nitrogen and oxygen atoms in total. The maximum Gasteiger partial charge on any atom is 0.241 e. The molecule has 0 bridgehead atoms. The molecule has 19 heavy (non-hydrogen) atoms. The number of nitrogens with two attached hydrogens (primary N) is 1. The van der Waals surface area contributed by atoms with Crippen LogP contribution in [0.1, 0.15) is 0 Å². The number of benzene rings is 1. The van der Waals surface area contributed by atoms with E-state index in [1.807, 2.05) is 35.2 Å². The molecule has 0 radical (unpaired) electrons. The number of hydrogen-bond acceptors (Lipinski definition) is 4. The van der Waals surface area contributed by atoms with Gasteiger partial charge in [0.25, 0.3) is 0 Å². The lowest BCUT2D eigenvalue weighted by atomic mass is 10.1. The highest BCUT2D eigenvalue weighted by Crippen LogP contribution is 2.26. The highest BCUT2D eigenvalue weighted by atomic mass is 16.1. The molecule has 1 fully saturated rings. The number of primary amides is 1. The van der Waals surface area contributed by atoms with Crippen molar-refractivity contribution in [2.24, 2.45) is 5.73 Å². The van der Waals surface area contributed by atoms with Crippen LogP contribution in [0, 0.1) is 0 Å². The van der Waals surface area contributed by atoms with Crippen molar-refractivity contribution in [3.05, 3.63) is 36.5 Å². The standard InChI is InChI=1S/C14H16N4O/c15-13(19)12-9-16-7-8-18(12)14-11-4-2-1-3-10(11)5-6-17-14/h1-6,12,16H,7-9H2,(H2,15,19). The predicted molar refractivity (Wildman–Crippen MR) is 74.9 cm³/mol. The largest absolute Gasteiger partial charge is 0.368 e. The van der Waals surface area contributed by atoms with Gasteiger partial charge in [0.05, 0.1) is 0 Å². The van der Waals surface area contributed by atoms with E-state index in [-0.39, 0.29) is 11.9 Å². The van der Waals surface area contributed by atoms with Crippen LogP contribution in [-0.2, 0) is 4.79 Å². The van der Waals surface area contributed by atoms with Crippen LogP contribution in [0.5, 0.6) is 0 Å². The molecular weight excluding hydrogens is 240 g/mol. The highest BCUT2D eigenvalue weighted by molar-refractivity contribution is 5.94. The molecule has 1 unspecified atom stereocenters. The number of amides is 1. The molecule has 1 aromatic carbocycles. The van der Waals surface area contributed by atoms with Crippen molar-refractivity contribution < 1.29 is 4.79 Å². The summed E-state index contributed by atoms with van der Waals surface area (Å²) in [7, 11) is 0. The van der Waals surface area contributed by atoms with E-state index < -0.39 is 0 Å². The molecule has 2 heterocycles. The summed E-state index contributed by atoms with van der Waals surface area (Å²) in [5.41, 5.74) is 5.49. The molecule has 1 aliphatic rings. The first-order valence-electron chi connectivity index (χ1n) is 6.38. The number of nitrogens with zero attached hydrogens (tertiary/aromatic N) is 2. The third-order valence-electron chi connectivity index (χ3n) is 3.50. The second-order valence-electron chi connectivity index (χ2n) is 4.67. The molecule has 1 saturated heterocycles. The average molecular weight is 256 g/mol. The van der Waals surface area contributed by atoms with Gasteiger partial charge >= 0.3 is 0 Å². The van der Waals surface area contributed by atoms with Gasteiger partial charge in [-0.05, 0) is 11.5 Å². The van der Waals surface area contributed by atoms with Gasteiger partial charge in [0, 0.05) is 31.2 Å². The highest BCUT2D eigenvalue weighted by Gasteiger charge is 2.28. The summed E-state index contributed by atoms with van der Waals surface area (Å²) in [4.78, 5) is 18.0. The smallest absolute Gasteiger partial charge is 0.241 e. The molecule has 3 rings (SSSR count). The molecular formula is C14H16N4O. The third kappa shape index (κ3) is 2.13. The Morgan fingerprint density at radius 3 is 3.05 bits per heavy atom. The summed E-state index contributed by atoms with van der Waals surface area (Å²) in [6.45, 7) is 2.13. The van der Waals surface area contributed by atoms with Gasteiger partial charge in [0.15, 0.2) is 0 Å². The van der Waals surface area contributed by atoms with Crippen molar-refractivity contribution in [3.8, 4) is 0 Å². The Kier molecular flexibility index (Phi) is 3.05. The fraction of sp³-hybridized carbons (Fsp3) is 0.286. The first kappa shape index (κ1) is 11.9. The van der Waals surface area contributed by atoms with Crippen molar-refractivity contribution in [1.82, 2.24) is 10.3 Å².